The molecule has 1 fully saturated rings. The molecule has 1 aliphatic rings. The predicted molar refractivity (Wildman–Crippen MR) is 84.7 cm³/mol. The maximum Gasteiger partial charge on any atom is 0.0833 e. The van der Waals surface area contributed by atoms with Gasteiger partial charge in [0.15, 0.2) is 0 Å². The SMILES string of the molecule is CCCC1(CCC)CC(C#N)(c2cc(C)cc(C)c2)C1. The van der Waals surface area contributed by atoms with Crippen LogP contribution in [0.3, 0.4) is 0 Å². The van der Waals surface area contributed by atoms with Crippen molar-refractivity contribution < 1.29 is 0 Å². The van der Waals surface area contributed by atoms with Gasteiger partial charge in [-0.3, -0.25) is 0 Å². The summed E-state index contributed by atoms with van der Waals surface area (Å²) in [5, 5.41) is 9.79. The van der Waals surface area contributed by atoms with Crippen LogP contribution in [-0.4, -0.2) is 0 Å². The van der Waals surface area contributed by atoms with Crippen LogP contribution in [0.25, 0.3) is 0 Å². The minimum absolute atomic E-state index is 0.221. The Kier molecular flexibility index (Phi) is 4.23. The molecular weight excluding hydrogens is 242 g/mol. The van der Waals surface area contributed by atoms with Crippen LogP contribution in [0.2, 0.25) is 0 Å². The molecule has 2 rings (SSSR count). The van der Waals surface area contributed by atoms with E-state index in [0.29, 0.717) is 5.41 Å². The van der Waals surface area contributed by atoms with Crippen LogP contribution in [0.1, 0.15) is 69.1 Å². The summed E-state index contributed by atoms with van der Waals surface area (Å²) in [5.41, 5.74) is 4.01. The molecule has 0 radical (unpaired) electrons. The van der Waals surface area contributed by atoms with Crippen LogP contribution in [0.4, 0.5) is 0 Å². The van der Waals surface area contributed by atoms with Crippen molar-refractivity contribution in [2.24, 2.45) is 5.41 Å². The lowest BCUT2D eigenvalue weighted by atomic mass is 9.48. The van der Waals surface area contributed by atoms with Crippen LogP contribution in [0.5, 0.6) is 0 Å². The number of benzene rings is 1. The van der Waals surface area contributed by atoms with Crippen molar-refractivity contribution in [3.63, 3.8) is 0 Å². The fourth-order valence-electron chi connectivity index (χ4n) is 4.37. The summed E-state index contributed by atoms with van der Waals surface area (Å²) in [5.74, 6) is 0. The van der Waals surface area contributed by atoms with E-state index in [9.17, 15) is 5.26 Å². The van der Waals surface area contributed by atoms with Gasteiger partial charge in [-0.15, -0.1) is 0 Å². The third-order valence-electron chi connectivity index (χ3n) is 4.90. The van der Waals surface area contributed by atoms with Gasteiger partial charge in [0.05, 0.1) is 11.5 Å². The predicted octanol–water partition coefficient (Wildman–Crippen LogP) is 5.45. The minimum Gasteiger partial charge on any atom is -0.197 e. The highest BCUT2D eigenvalue weighted by Gasteiger charge is 2.54. The Hall–Kier alpha value is -1.29. The highest BCUT2D eigenvalue weighted by molar-refractivity contribution is 5.42. The molecule has 108 valence electrons. The van der Waals surface area contributed by atoms with E-state index in [1.165, 1.54) is 42.4 Å². The van der Waals surface area contributed by atoms with E-state index in [0.717, 1.165) is 12.8 Å². The number of hydrogen-bond donors (Lipinski definition) is 0. The topological polar surface area (TPSA) is 23.8 Å². The Balaban J connectivity index is 2.28. The lowest BCUT2D eigenvalue weighted by molar-refractivity contribution is 0.0357. The van der Waals surface area contributed by atoms with Crippen molar-refractivity contribution in [3.8, 4) is 6.07 Å². The number of aryl methyl sites for hydroxylation is 2. The Morgan fingerprint density at radius 1 is 1.00 bits per heavy atom. The van der Waals surface area contributed by atoms with Gasteiger partial charge in [0.25, 0.3) is 0 Å². The summed E-state index contributed by atoms with van der Waals surface area (Å²) in [6, 6.07) is 9.29. The fraction of sp³-hybridized carbons (Fsp3) is 0.632. The van der Waals surface area contributed by atoms with E-state index in [1.807, 2.05) is 0 Å². The van der Waals surface area contributed by atoms with Gasteiger partial charge in [0.1, 0.15) is 0 Å². The first-order valence-corrected chi connectivity index (χ1v) is 7.99. The minimum atomic E-state index is -0.221. The first kappa shape index (κ1) is 15.1. The van der Waals surface area contributed by atoms with Crippen molar-refractivity contribution >= 4 is 0 Å². The van der Waals surface area contributed by atoms with Gasteiger partial charge in [0.2, 0.25) is 0 Å². The average Bonchev–Trinajstić information content (AvgIpc) is 2.34. The Labute approximate surface area is 124 Å². The summed E-state index contributed by atoms with van der Waals surface area (Å²) < 4.78 is 0. The highest BCUT2D eigenvalue weighted by atomic mass is 14.6. The smallest absolute Gasteiger partial charge is 0.0833 e. The largest absolute Gasteiger partial charge is 0.197 e. The van der Waals surface area contributed by atoms with E-state index in [-0.39, 0.29) is 5.41 Å². The summed E-state index contributed by atoms with van der Waals surface area (Å²) in [7, 11) is 0. The second-order valence-corrected chi connectivity index (χ2v) is 6.92. The normalized spacial score (nSPS) is 19.1. The van der Waals surface area contributed by atoms with Crippen LogP contribution < -0.4 is 0 Å². The summed E-state index contributed by atoms with van der Waals surface area (Å²) in [6.45, 7) is 8.79. The zero-order valence-electron chi connectivity index (χ0n) is 13.4. The van der Waals surface area contributed by atoms with Gasteiger partial charge >= 0.3 is 0 Å². The van der Waals surface area contributed by atoms with Crippen LogP contribution in [0.15, 0.2) is 18.2 Å². The third-order valence-corrected chi connectivity index (χ3v) is 4.90. The first-order valence-electron chi connectivity index (χ1n) is 7.99. The van der Waals surface area contributed by atoms with E-state index < -0.39 is 0 Å². The molecule has 1 aromatic carbocycles. The number of rotatable bonds is 5. The van der Waals surface area contributed by atoms with Gasteiger partial charge in [-0.1, -0.05) is 56.0 Å². The number of nitriles is 1. The Morgan fingerprint density at radius 2 is 1.50 bits per heavy atom. The molecule has 1 nitrogen and oxygen atoms in total. The molecule has 0 N–H and O–H groups in total. The van der Waals surface area contributed by atoms with Gasteiger partial charge in [-0.05, 0) is 50.5 Å². The third kappa shape index (κ3) is 2.62. The standard InChI is InChI=1S/C19H27N/c1-5-7-18(8-6-2)12-19(13-18,14-20)17-10-15(3)9-16(4)11-17/h9-11H,5-8,12-13H2,1-4H3. The van der Waals surface area contributed by atoms with E-state index in [1.54, 1.807) is 0 Å². The highest BCUT2D eigenvalue weighted by Crippen LogP contribution is 2.60. The lowest BCUT2D eigenvalue weighted by Crippen LogP contribution is -2.48. The molecule has 1 heteroatoms. The summed E-state index contributed by atoms with van der Waals surface area (Å²) >= 11 is 0. The van der Waals surface area contributed by atoms with Crippen molar-refractivity contribution in [1.29, 1.82) is 5.26 Å². The van der Waals surface area contributed by atoms with Gasteiger partial charge in [0, 0.05) is 0 Å². The maximum atomic E-state index is 9.79. The molecule has 1 aromatic rings. The Morgan fingerprint density at radius 3 is 1.90 bits per heavy atom. The van der Waals surface area contributed by atoms with E-state index in [4.69, 9.17) is 0 Å². The molecule has 0 unspecified atom stereocenters. The van der Waals surface area contributed by atoms with Crippen molar-refractivity contribution in [2.45, 2.75) is 71.6 Å². The molecule has 1 saturated carbocycles. The van der Waals surface area contributed by atoms with Crippen molar-refractivity contribution in [2.75, 3.05) is 0 Å². The average molecular weight is 269 g/mol. The van der Waals surface area contributed by atoms with E-state index in [2.05, 4.69) is 52.0 Å². The van der Waals surface area contributed by atoms with Crippen molar-refractivity contribution in [1.82, 2.24) is 0 Å². The van der Waals surface area contributed by atoms with Crippen LogP contribution in [-0.2, 0) is 5.41 Å². The maximum absolute atomic E-state index is 9.79. The molecular formula is C19H27N. The lowest BCUT2D eigenvalue weighted by Gasteiger charge is -2.54. The molecule has 1 aliphatic carbocycles. The zero-order chi connectivity index (χ0) is 14.8. The quantitative estimate of drug-likeness (QED) is 0.697. The van der Waals surface area contributed by atoms with Gasteiger partial charge < -0.3 is 0 Å². The molecule has 0 spiro atoms. The van der Waals surface area contributed by atoms with Gasteiger partial charge in [-0.2, -0.15) is 5.26 Å². The summed E-state index contributed by atoms with van der Waals surface area (Å²) in [4.78, 5) is 0. The number of hydrogen-bond acceptors (Lipinski definition) is 1. The molecule has 0 bridgehead atoms. The van der Waals surface area contributed by atoms with Gasteiger partial charge in [-0.25, -0.2) is 0 Å². The molecule has 0 aromatic heterocycles. The second-order valence-electron chi connectivity index (χ2n) is 6.92. The zero-order valence-corrected chi connectivity index (χ0v) is 13.4. The second kappa shape index (κ2) is 5.60. The van der Waals surface area contributed by atoms with E-state index >= 15 is 0 Å². The van der Waals surface area contributed by atoms with Crippen LogP contribution >= 0.6 is 0 Å². The molecule has 0 saturated heterocycles. The fourth-order valence-corrected chi connectivity index (χ4v) is 4.37. The molecule has 0 amide bonds. The molecule has 0 heterocycles. The first-order chi connectivity index (χ1) is 9.49. The van der Waals surface area contributed by atoms with Crippen LogP contribution in [0, 0.1) is 30.6 Å². The molecule has 0 aliphatic heterocycles. The molecule has 0 atom stereocenters. The Bertz CT molecular complexity index is 487. The summed E-state index contributed by atoms with van der Waals surface area (Å²) in [6.07, 6.45) is 7.12. The van der Waals surface area contributed by atoms with Crippen molar-refractivity contribution in [3.05, 3.63) is 34.9 Å². The monoisotopic (exact) mass is 269 g/mol. The number of nitrogens with zero attached hydrogens (tertiary/aromatic N) is 1. The molecule has 20 heavy (non-hydrogen) atoms.